The molecule has 104 valence electrons. The molecule has 4 N–H and O–H groups in total. The van der Waals surface area contributed by atoms with Crippen molar-refractivity contribution in [3.8, 4) is 0 Å². The van der Waals surface area contributed by atoms with Crippen LogP contribution in [-0.4, -0.2) is 47.1 Å². The fourth-order valence-electron chi connectivity index (χ4n) is 2.26. The van der Waals surface area contributed by atoms with Crippen molar-refractivity contribution in [2.45, 2.75) is 19.3 Å². The fourth-order valence-corrected chi connectivity index (χ4v) is 2.26. The number of carboxylic acid groups (broad SMARTS) is 1. The first-order valence-electron chi connectivity index (χ1n) is 6.62. The lowest BCUT2D eigenvalue weighted by atomic mass is 10.2. The molecule has 0 spiro atoms. The third-order valence-electron chi connectivity index (χ3n) is 3.31. The van der Waals surface area contributed by atoms with E-state index < -0.39 is 5.97 Å². The quantitative estimate of drug-likeness (QED) is 0.670. The van der Waals surface area contributed by atoms with Crippen LogP contribution in [0.25, 0.3) is 0 Å². The third kappa shape index (κ3) is 3.82. The van der Waals surface area contributed by atoms with E-state index in [0.29, 0.717) is 11.5 Å². The first-order chi connectivity index (χ1) is 9.16. The maximum atomic E-state index is 10.8. The van der Waals surface area contributed by atoms with Gasteiger partial charge in [-0.15, -0.1) is 0 Å². The number of hydrogen-bond donors (Lipinski definition) is 3. The molecule has 6 nitrogen and oxygen atoms in total. The molecule has 1 aromatic rings. The molecule has 0 unspecified atom stereocenters. The van der Waals surface area contributed by atoms with Gasteiger partial charge in [0.25, 0.3) is 0 Å². The smallest absolute Gasteiger partial charge is 0.337 e. The summed E-state index contributed by atoms with van der Waals surface area (Å²) in [6.07, 6.45) is 4.96. The predicted molar refractivity (Wildman–Crippen MR) is 74.4 cm³/mol. The van der Waals surface area contributed by atoms with Gasteiger partial charge in [-0.25, -0.2) is 9.78 Å². The van der Waals surface area contributed by atoms with Crippen molar-refractivity contribution in [2.75, 3.05) is 37.2 Å². The van der Waals surface area contributed by atoms with Crippen LogP contribution in [0.3, 0.4) is 0 Å². The maximum absolute atomic E-state index is 10.8. The Morgan fingerprint density at radius 1 is 1.47 bits per heavy atom. The van der Waals surface area contributed by atoms with Crippen molar-refractivity contribution >= 4 is 17.5 Å². The van der Waals surface area contributed by atoms with Gasteiger partial charge in [0.1, 0.15) is 5.82 Å². The highest BCUT2D eigenvalue weighted by atomic mass is 16.4. The van der Waals surface area contributed by atoms with Crippen LogP contribution in [0.15, 0.2) is 12.3 Å². The lowest BCUT2D eigenvalue weighted by Gasteiger charge is -2.15. The van der Waals surface area contributed by atoms with Crippen molar-refractivity contribution in [3.63, 3.8) is 0 Å². The van der Waals surface area contributed by atoms with Gasteiger partial charge >= 0.3 is 5.97 Å². The van der Waals surface area contributed by atoms with E-state index in [0.717, 1.165) is 19.5 Å². The number of carbonyl (C=O) groups is 1. The largest absolute Gasteiger partial charge is 0.478 e. The van der Waals surface area contributed by atoms with Crippen molar-refractivity contribution in [1.29, 1.82) is 0 Å². The third-order valence-corrected chi connectivity index (χ3v) is 3.31. The van der Waals surface area contributed by atoms with Gasteiger partial charge in [0, 0.05) is 12.7 Å². The molecule has 6 heteroatoms. The fraction of sp³-hybridized carbons (Fsp3) is 0.538. The minimum atomic E-state index is -1.01. The van der Waals surface area contributed by atoms with E-state index in [1.54, 1.807) is 0 Å². The van der Waals surface area contributed by atoms with E-state index in [2.05, 4.69) is 15.2 Å². The van der Waals surface area contributed by atoms with Crippen LogP contribution < -0.4 is 11.1 Å². The molecule has 1 fully saturated rings. The van der Waals surface area contributed by atoms with Crippen LogP contribution in [0.5, 0.6) is 0 Å². The summed E-state index contributed by atoms with van der Waals surface area (Å²) in [5, 5.41) is 12.0. The zero-order chi connectivity index (χ0) is 13.7. The molecule has 0 aliphatic carbocycles. The lowest BCUT2D eigenvalue weighted by Crippen LogP contribution is -2.22. The van der Waals surface area contributed by atoms with Gasteiger partial charge in [-0.3, -0.25) is 0 Å². The average molecular weight is 264 g/mol. The Morgan fingerprint density at radius 3 is 2.84 bits per heavy atom. The zero-order valence-corrected chi connectivity index (χ0v) is 10.9. The Morgan fingerprint density at radius 2 is 2.21 bits per heavy atom. The average Bonchev–Trinajstić information content (AvgIpc) is 2.89. The number of nitrogens with two attached hydrogens (primary N) is 1. The summed E-state index contributed by atoms with van der Waals surface area (Å²) in [5.41, 5.74) is 6.25. The zero-order valence-electron chi connectivity index (χ0n) is 10.9. The second kappa shape index (κ2) is 6.38. The van der Waals surface area contributed by atoms with Gasteiger partial charge in [-0.1, -0.05) is 0 Å². The SMILES string of the molecule is Nc1cc(C(=O)O)cnc1NCCCN1CCCC1. The normalized spacial score (nSPS) is 15.6. The lowest BCUT2D eigenvalue weighted by molar-refractivity contribution is 0.0696. The van der Waals surface area contributed by atoms with E-state index in [9.17, 15) is 4.79 Å². The molecule has 0 bridgehead atoms. The Labute approximate surface area is 112 Å². The van der Waals surface area contributed by atoms with E-state index in [-0.39, 0.29) is 5.56 Å². The molecule has 19 heavy (non-hydrogen) atoms. The molecule has 0 saturated carbocycles. The number of carboxylic acids is 1. The first-order valence-corrected chi connectivity index (χ1v) is 6.62. The Kier molecular flexibility index (Phi) is 4.57. The number of aromatic nitrogens is 1. The van der Waals surface area contributed by atoms with E-state index in [1.165, 1.54) is 38.2 Å². The number of hydrogen-bond acceptors (Lipinski definition) is 5. The second-order valence-corrected chi connectivity index (χ2v) is 4.80. The van der Waals surface area contributed by atoms with Crippen LogP contribution in [0.4, 0.5) is 11.5 Å². The summed E-state index contributed by atoms with van der Waals surface area (Å²) < 4.78 is 0. The van der Waals surface area contributed by atoms with Crippen molar-refractivity contribution in [3.05, 3.63) is 17.8 Å². The summed E-state index contributed by atoms with van der Waals surface area (Å²) >= 11 is 0. The highest BCUT2D eigenvalue weighted by molar-refractivity contribution is 5.89. The summed E-state index contributed by atoms with van der Waals surface area (Å²) in [4.78, 5) is 17.2. The first kappa shape index (κ1) is 13.6. The molecule has 0 amide bonds. The number of nitrogens with one attached hydrogen (secondary N) is 1. The van der Waals surface area contributed by atoms with Crippen molar-refractivity contribution < 1.29 is 9.90 Å². The Bertz CT molecular complexity index is 444. The summed E-state index contributed by atoms with van der Waals surface area (Å²) in [5.74, 6) is -0.453. The Hall–Kier alpha value is -1.82. The highest BCUT2D eigenvalue weighted by Gasteiger charge is 2.11. The summed E-state index contributed by atoms with van der Waals surface area (Å²) in [6.45, 7) is 4.28. The number of pyridine rings is 1. The van der Waals surface area contributed by atoms with Crippen LogP contribution in [0, 0.1) is 0 Å². The maximum Gasteiger partial charge on any atom is 0.337 e. The van der Waals surface area contributed by atoms with Crippen LogP contribution in [0.1, 0.15) is 29.6 Å². The van der Waals surface area contributed by atoms with E-state index >= 15 is 0 Å². The molecule has 0 radical (unpaired) electrons. The van der Waals surface area contributed by atoms with Crippen molar-refractivity contribution in [2.24, 2.45) is 0 Å². The molecule has 1 aromatic heterocycles. The van der Waals surface area contributed by atoms with Gasteiger partial charge < -0.3 is 21.1 Å². The van der Waals surface area contributed by atoms with Gasteiger partial charge in [0.2, 0.25) is 0 Å². The monoisotopic (exact) mass is 264 g/mol. The molecular weight excluding hydrogens is 244 g/mol. The summed E-state index contributed by atoms with van der Waals surface area (Å²) in [7, 11) is 0. The molecule has 2 rings (SSSR count). The number of likely N-dealkylation sites (tertiary alicyclic amines) is 1. The standard InChI is InChI=1S/C13H20N4O2/c14-11-8-10(13(18)19)9-16-12(11)15-4-3-7-17-5-1-2-6-17/h8-9H,1-7,14H2,(H,15,16)(H,18,19). The van der Waals surface area contributed by atoms with Crippen LogP contribution >= 0.6 is 0 Å². The minimum absolute atomic E-state index is 0.111. The molecular formula is C13H20N4O2. The molecule has 2 heterocycles. The van der Waals surface area contributed by atoms with E-state index in [4.69, 9.17) is 10.8 Å². The van der Waals surface area contributed by atoms with Crippen molar-refractivity contribution in [1.82, 2.24) is 9.88 Å². The molecule has 0 atom stereocenters. The van der Waals surface area contributed by atoms with Gasteiger partial charge in [0.15, 0.2) is 0 Å². The number of anilines is 2. The predicted octanol–water partition coefficient (Wildman–Crippen LogP) is 1.26. The second-order valence-electron chi connectivity index (χ2n) is 4.80. The van der Waals surface area contributed by atoms with Gasteiger partial charge in [0.05, 0.1) is 11.3 Å². The number of nitrogen functional groups attached to an aromatic ring is 1. The molecule has 1 aliphatic heterocycles. The van der Waals surface area contributed by atoms with Crippen LogP contribution in [0.2, 0.25) is 0 Å². The number of aromatic carboxylic acids is 1. The minimum Gasteiger partial charge on any atom is -0.478 e. The van der Waals surface area contributed by atoms with Gasteiger partial charge in [-0.05, 0) is 45.0 Å². The summed E-state index contributed by atoms with van der Waals surface area (Å²) in [6, 6.07) is 1.43. The van der Waals surface area contributed by atoms with Gasteiger partial charge in [-0.2, -0.15) is 0 Å². The number of nitrogens with zero attached hydrogens (tertiary/aromatic N) is 2. The Balaban J connectivity index is 1.77. The molecule has 1 saturated heterocycles. The number of rotatable bonds is 6. The van der Waals surface area contributed by atoms with Crippen LogP contribution in [-0.2, 0) is 0 Å². The highest BCUT2D eigenvalue weighted by Crippen LogP contribution is 2.16. The topological polar surface area (TPSA) is 91.5 Å². The molecule has 0 aromatic carbocycles. The molecule has 1 aliphatic rings. The van der Waals surface area contributed by atoms with E-state index in [1.807, 2.05) is 0 Å².